The first-order chi connectivity index (χ1) is 5.72. The Labute approximate surface area is 73.4 Å². The van der Waals surface area contributed by atoms with Gasteiger partial charge in [-0.3, -0.25) is 0 Å². The largest absolute Gasteiger partial charge is 0.206 e. The van der Waals surface area contributed by atoms with Crippen LogP contribution in [-0.4, -0.2) is 0 Å². The Bertz CT molecular complexity index is 243. The molecule has 1 rings (SSSR count). The first kappa shape index (κ1) is 9.24. The Hall–Kier alpha value is -0.850. The molecular weight excluding hydrogens is 151 g/mol. The topological polar surface area (TPSA) is 0 Å². The van der Waals surface area contributed by atoms with Crippen molar-refractivity contribution in [3.63, 3.8) is 0 Å². The molecule has 0 nitrogen and oxygen atoms in total. The monoisotopic (exact) mass is 165 g/mol. The lowest BCUT2D eigenvalue weighted by atomic mass is 9.99. The van der Waals surface area contributed by atoms with Gasteiger partial charge in [-0.25, -0.2) is 4.39 Å². The first-order valence-electron chi connectivity index (χ1n) is 4.38. The predicted octanol–water partition coefficient (Wildman–Crippen LogP) is 3.21. The van der Waals surface area contributed by atoms with Gasteiger partial charge in [0.1, 0.15) is 5.82 Å². The summed E-state index contributed by atoms with van der Waals surface area (Å²) >= 11 is 0. The van der Waals surface area contributed by atoms with Gasteiger partial charge in [0, 0.05) is 6.07 Å². The minimum Gasteiger partial charge on any atom is -0.206 e. The minimum absolute atomic E-state index is 0.254. The summed E-state index contributed by atoms with van der Waals surface area (Å²) in [5.74, 6) is 0.377. The van der Waals surface area contributed by atoms with Gasteiger partial charge in [0.15, 0.2) is 0 Å². The minimum atomic E-state index is -0.254. The molecule has 1 heteroatoms. The number of hydrogen-bond acceptors (Lipinski definition) is 0. The van der Waals surface area contributed by atoms with Gasteiger partial charge in [-0.2, -0.15) is 0 Å². The average molecular weight is 165 g/mol. The third-order valence-electron chi connectivity index (χ3n) is 2.11. The summed E-state index contributed by atoms with van der Waals surface area (Å²) in [6, 6.07) is 7.63. The Morgan fingerprint density at radius 3 is 2.92 bits per heavy atom. The molecule has 65 valence electrons. The van der Waals surface area contributed by atoms with E-state index in [0.29, 0.717) is 5.92 Å². The zero-order valence-corrected chi connectivity index (χ0v) is 7.60. The number of benzene rings is 1. The second kappa shape index (κ2) is 4.24. The molecule has 0 aliphatic heterocycles. The van der Waals surface area contributed by atoms with E-state index in [4.69, 9.17) is 0 Å². The lowest BCUT2D eigenvalue weighted by molar-refractivity contribution is 0.555. The van der Waals surface area contributed by atoms with Crippen molar-refractivity contribution in [1.82, 2.24) is 0 Å². The van der Waals surface area contributed by atoms with Crippen molar-refractivity contribution in [1.29, 1.82) is 0 Å². The summed E-state index contributed by atoms with van der Waals surface area (Å²) in [5, 5.41) is 0. The fourth-order valence-corrected chi connectivity index (χ4v) is 1.15. The highest BCUT2D eigenvalue weighted by Gasteiger charge is 2.01. The molecule has 12 heavy (non-hydrogen) atoms. The normalized spacial score (nSPS) is 12.9. The van der Waals surface area contributed by atoms with Crippen molar-refractivity contribution in [2.45, 2.75) is 26.7 Å². The van der Waals surface area contributed by atoms with E-state index in [0.717, 1.165) is 18.4 Å². The zero-order chi connectivity index (χ0) is 8.97. The summed E-state index contributed by atoms with van der Waals surface area (Å²) in [7, 11) is 0. The van der Waals surface area contributed by atoms with Crippen LogP contribution in [0.15, 0.2) is 18.2 Å². The van der Waals surface area contributed by atoms with Crippen molar-refractivity contribution in [2.24, 2.45) is 5.92 Å². The van der Waals surface area contributed by atoms with Crippen LogP contribution >= 0.6 is 0 Å². The molecule has 0 bridgehead atoms. The fraction of sp³-hybridized carbons (Fsp3) is 0.455. The van der Waals surface area contributed by atoms with Crippen LogP contribution in [0.2, 0.25) is 0 Å². The van der Waals surface area contributed by atoms with Crippen LogP contribution < -0.4 is 0 Å². The SMILES string of the molecule is CCC(C)Cc1cc[c]c(F)c1. The summed E-state index contributed by atoms with van der Waals surface area (Å²) < 4.78 is 12.7. The molecule has 0 saturated heterocycles. The molecule has 1 unspecified atom stereocenters. The van der Waals surface area contributed by atoms with Gasteiger partial charge >= 0.3 is 0 Å². The van der Waals surface area contributed by atoms with Crippen molar-refractivity contribution < 1.29 is 4.39 Å². The highest BCUT2D eigenvalue weighted by Crippen LogP contribution is 2.11. The van der Waals surface area contributed by atoms with Gasteiger partial charge in [-0.05, 0) is 24.0 Å². The van der Waals surface area contributed by atoms with Gasteiger partial charge in [-0.15, -0.1) is 0 Å². The van der Waals surface area contributed by atoms with Crippen LogP contribution in [0.1, 0.15) is 25.8 Å². The molecule has 0 aliphatic rings. The van der Waals surface area contributed by atoms with E-state index >= 15 is 0 Å². The van der Waals surface area contributed by atoms with E-state index in [-0.39, 0.29) is 5.82 Å². The molecule has 0 amide bonds. The third-order valence-corrected chi connectivity index (χ3v) is 2.11. The van der Waals surface area contributed by atoms with Crippen molar-refractivity contribution in [3.05, 3.63) is 35.6 Å². The van der Waals surface area contributed by atoms with E-state index < -0.39 is 0 Å². The summed E-state index contributed by atoms with van der Waals surface area (Å²) in [4.78, 5) is 0. The van der Waals surface area contributed by atoms with Gasteiger partial charge in [0.25, 0.3) is 0 Å². The van der Waals surface area contributed by atoms with Crippen molar-refractivity contribution in [2.75, 3.05) is 0 Å². The van der Waals surface area contributed by atoms with E-state index in [1.54, 1.807) is 12.1 Å². The lowest BCUT2D eigenvalue weighted by Crippen LogP contribution is -1.97. The maximum atomic E-state index is 12.7. The van der Waals surface area contributed by atoms with Crippen molar-refractivity contribution in [3.8, 4) is 0 Å². The molecule has 0 saturated carbocycles. The molecule has 1 atom stereocenters. The Morgan fingerprint density at radius 1 is 1.58 bits per heavy atom. The maximum Gasteiger partial charge on any atom is 0.131 e. The van der Waals surface area contributed by atoms with Crippen LogP contribution in [0.4, 0.5) is 4.39 Å². The molecule has 0 fully saturated rings. The van der Waals surface area contributed by atoms with Gasteiger partial charge < -0.3 is 0 Å². The lowest BCUT2D eigenvalue weighted by Gasteiger charge is -2.07. The van der Waals surface area contributed by atoms with E-state index in [9.17, 15) is 4.39 Å². The average Bonchev–Trinajstić information content (AvgIpc) is 2.04. The van der Waals surface area contributed by atoms with Gasteiger partial charge in [0.2, 0.25) is 0 Å². The standard InChI is InChI=1S/C11H14F/c1-3-9(2)7-10-5-4-6-11(12)8-10/h4-5,8-9H,3,7H2,1-2H3. The van der Waals surface area contributed by atoms with Crippen LogP contribution in [0.25, 0.3) is 0 Å². The number of halogens is 1. The zero-order valence-electron chi connectivity index (χ0n) is 7.60. The molecule has 0 aromatic heterocycles. The molecule has 1 aromatic rings. The van der Waals surface area contributed by atoms with Gasteiger partial charge in [-0.1, -0.05) is 32.4 Å². The van der Waals surface area contributed by atoms with Crippen LogP contribution in [0.3, 0.4) is 0 Å². The second-order valence-electron chi connectivity index (χ2n) is 3.26. The fourth-order valence-electron chi connectivity index (χ4n) is 1.15. The Morgan fingerprint density at radius 2 is 2.33 bits per heavy atom. The summed E-state index contributed by atoms with van der Waals surface area (Å²) in [6.07, 6.45) is 2.10. The van der Waals surface area contributed by atoms with Crippen LogP contribution in [0, 0.1) is 17.8 Å². The predicted molar refractivity (Wildman–Crippen MR) is 48.4 cm³/mol. The summed E-state index contributed by atoms with van der Waals surface area (Å²) in [6.45, 7) is 4.32. The van der Waals surface area contributed by atoms with E-state index in [1.165, 1.54) is 0 Å². The summed E-state index contributed by atoms with van der Waals surface area (Å²) in [5.41, 5.74) is 1.07. The molecule has 0 aliphatic carbocycles. The highest BCUT2D eigenvalue weighted by molar-refractivity contribution is 5.15. The van der Waals surface area contributed by atoms with Crippen LogP contribution in [0.5, 0.6) is 0 Å². The molecule has 0 spiro atoms. The Kier molecular flexibility index (Phi) is 3.27. The second-order valence-corrected chi connectivity index (χ2v) is 3.26. The Balaban J connectivity index is 2.63. The molecular formula is C11H14F. The molecule has 0 N–H and O–H groups in total. The van der Waals surface area contributed by atoms with E-state index in [1.807, 2.05) is 6.07 Å². The smallest absolute Gasteiger partial charge is 0.131 e. The number of rotatable bonds is 3. The quantitative estimate of drug-likeness (QED) is 0.645. The number of hydrogen-bond donors (Lipinski definition) is 0. The van der Waals surface area contributed by atoms with Crippen molar-refractivity contribution >= 4 is 0 Å². The molecule has 0 heterocycles. The first-order valence-corrected chi connectivity index (χ1v) is 4.38. The highest BCUT2D eigenvalue weighted by atomic mass is 19.1. The van der Waals surface area contributed by atoms with Crippen LogP contribution in [-0.2, 0) is 6.42 Å². The third kappa shape index (κ3) is 2.65. The maximum absolute atomic E-state index is 12.7. The van der Waals surface area contributed by atoms with Gasteiger partial charge in [0.05, 0.1) is 0 Å². The van der Waals surface area contributed by atoms with E-state index in [2.05, 4.69) is 19.9 Å². The molecule has 1 radical (unpaired) electrons. The molecule has 1 aromatic carbocycles.